The molecule has 1 fully saturated rings. The Kier molecular flexibility index (Phi) is 3.47. The van der Waals surface area contributed by atoms with Crippen molar-refractivity contribution in [2.45, 2.75) is 13.0 Å². The summed E-state index contributed by atoms with van der Waals surface area (Å²) in [5.74, 6) is 0.707. The SMILES string of the molecule is C[C@@H]1CNCCN1C(=O)c1ccnc(-n2cccn2)c1. The highest BCUT2D eigenvalue weighted by molar-refractivity contribution is 5.94. The summed E-state index contributed by atoms with van der Waals surface area (Å²) in [6.45, 7) is 4.47. The van der Waals surface area contributed by atoms with Gasteiger partial charge in [0.25, 0.3) is 5.91 Å². The Bertz CT molecular complexity index is 595. The number of carbonyl (C=O) groups is 1. The van der Waals surface area contributed by atoms with E-state index in [1.165, 1.54) is 0 Å². The summed E-state index contributed by atoms with van der Waals surface area (Å²) in [6, 6.07) is 5.57. The van der Waals surface area contributed by atoms with Gasteiger partial charge < -0.3 is 10.2 Å². The lowest BCUT2D eigenvalue weighted by molar-refractivity contribution is 0.0655. The molecule has 20 heavy (non-hydrogen) atoms. The van der Waals surface area contributed by atoms with E-state index in [1.54, 1.807) is 29.2 Å². The zero-order chi connectivity index (χ0) is 13.9. The van der Waals surface area contributed by atoms with Crippen molar-refractivity contribution < 1.29 is 4.79 Å². The Hall–Kier alpha value is -2.21. The number of hydrogen-bond donors (Lipinski definition) is 1. The maximum absolute atomic E-state index is 12.6. The van der Waals surface area contributed by atoms with Crippen molar-refractivity contribution in [3.63, 3.8) is 0 Å². The van der Waals surface area contributed by atoms with Crippen LogP contribution in [0.5, 0.6) is 0 Å². The number of amides is 1. The van der Waals surface area contributed by atoms with E-state index < -0.39 is 0 Å². The van der Waals surface area contributed by atoms with Crippen LogP contribution < -0.4 is 5.32 Å². The number of pyridine rings is 1. The van der Waals surface area contributed by atoms with Gasteiger partial charge in [-0.15, -0.1) is 0 Å². The molecule has 6 nitrogen and oxygen atoms in total. The van der Waals surface area contributed by atoms with Crippen LogP contribution in [0.3, 0.4) is 0 Å². The molecule has 1 atom stereocenters. The van der Waals surface area contributed by atoms with Gasteiger partial charge in [-0.05, 0) is 25.1 Å². The summed E-state index contributed by atoms with van der Waals surface area (Å²) in [5, 5.41) is 7.42. The van der Waals surface area contributed by atoms with Crippen LogP contribution in [0.2, 0.25) is 0 Å². The normalized spacial score (nSPS) is 19.1. The van der Waals surface area contributed by atoms with E-state index in [4.69, 9.17) is 0 Å². The summed E-state index contributed by atoms with van der Waals surface area (Å²) in [4.78, 5) is 18.7. The summed E-state index contributed by atoms with van der Waals surface area (Å²) in [6.07, 6.45) is 5.15. The van der Waals surface area contributed by atoms with Crippen molar-refractivity contribution in [3.8, 4) is 5.82 Å². The van der Waals surface area contributed by atoms with Crippen molar-refractivity contribution in [2.24, 2.45) is 0 Å². The van der Waals surface area contributed by atoms with Gasteiger partial charge in [0.2, 0.25) is 0 Å². The number of aromatic nitrogens is 3. The van der Waals surface area contributed by atoms with Crippen LogP contribution in [-0.2, 0) is 0 Å². The number of carbonyl (C=O) groups excluding carboxylic acids is 1. The third kappa shape index (κ3) is 2.42. The lowest BCUT2D eigenvalue weighted by atomic mass is 10.1. The van der Waals surface area contributed by atoms with Crippen LogP contribution in [0, 0.1) is 0 Å². The standard InChI is InChI=1S/C14H17N5O/c1-11-10-15-6-8-18(11)14(20)12-3-5-16-13(9-12)19-7-2-4-17-19/h2-5,7,9,11,15H,6,8,10H2,1H3/t11-/m1/s1. The monoisotopic (exact) mass is 271 g/mol. The van der Waals surface area contributed by atoms with Crippen LogP contribution in [0.15, 0.2) is 36.8 Å². The second kappa shape index (κ2) is 5.42. The fourth-order valence-corrected chi connectivity index (χ4v) is 2.39. The number of hydrogen-bond acceptors (Lipinski definition) is 4. The molecular weight excluding hydrogens is 254 g/mol. The van der Waals surface area contributed by atoms with Gasteiger partial charge in [0, 0.05) is 49.8 Å². The second-order valence-corrected chi connectivity index (χ2v) is 4.91. The van der Waals surface area contributed by atoms with Crippen molar-refractivity contribution >= 4 is 5.91 Å². The first-order chi connectivity index (χ1) is 9.75. The fraction of sp³-hybridized carbons (Fsp3) is 0.357. The molecule has 1 aliphatic rings. The second-order valence-electron chi connectivity index (χ2n) is 4.91. The maximum atomic E-state index is 12.6. The van der Waals surface area contributed by atoms with E-state index in [2.05, 4.69) is 22.3 Å². The smallest absolute Gasteiger partial charge is 0.254 e. The van der Waals surface area contributed by atoms with Gasteiger partial charge in [-0.2, -0.15) is 5.10 Å². The van der Waals surface area contributed by atoms with Gasteiger partial charge in [-0.3, -0.25) is 4.79 Å². The number of rotatable bonds is 2. The first kappa shape index (κ1) is 12.8. The topological polar surface area (TPSA) is 63.1 Å². The average Bonchev–Trinajstić information content (AvgIpc) is 3.01. The first-order valence-corrected chi connectivity index (χ1v) is 6.73. The minimum absolute atomic E-state index is 0.0507. The molecule has 2 aromatic rings. The van der Waals surface area contributed by atoms with Crippen LogP contribution in [0.25, 0.3) is 5.82 Å². The van der Waals surface area contributed by atoms with Gasteiger partial charge in [-0.25, -0.2) is 9.67 Å². The van der Waals surface area contributed by atoms with Crippen LogP contribution in [0.4, 0.5) is 0 Å². The van der Waals surface area contributed by atoms with E-state index in [0.717, 1.165) is 19.6 Å². The van der Waals surface area contributed by atoms with E-state index in [0.29, 0.717) is 11.4 Å². The van der Waals surface area contributed by atoms with Gasteiger partial charge in [0.1, 0.15) is 0 Å². The molecule has 0 spiro atoms. The zero-order valence-electron chi connectivity index (χ0n) is 11.4. The van der Waals surface area contributed by atoms with Crippen molar-refractivity contribution in [2.75, 3.05) is 19.6 Å². The first-order valence-electron chi connectivity index (χ1n) is 6.73. The van der Waals surface area contributed by atoms with Crippen LogP contribution in [0.1, 0.15) is 17.3 Å². The van der Waals surface area contributed by atoms with Gasteiger partial charge in [0.15, 0.2) is 5.82 Å². The van der Waals surface area contributed by atoms with Crippen molar-refractivity contribution in [3.05, 3.63) is 42.4 Å². The minimum atomic E-state index is 0.0507. The molecule has 2 aromatic heterocycles. The lowest BCUT2D eigenvalue weighted by Crippen LogP contribution is -2.52. The van der Waals surface area contributed by atoms with E-state index in [1.807, 2.05) is 17.2 Å². The summed E-state index contributed by atoms with van der Waals surface area (Å²) in [7, 11) is 0. The third-order valence-electron chi connectivity index (χ3n) is 3.49. The van der Waals surface area contributed by atoms with E-state index in [9.17, 15) is 4.79 Å². The molecule has 0 radical (unpaired) electrons. The molecule has 0 aliphatic carbocycles. The third-order valence-corrected chi connectivity index (χ3v) is 3.49. The fourth-order valence-electron chi connectivity index (χ4n) is 2.39. The van der Waals surface area contributed by atoms with Crippen LogP contribution in [-0.4, -0.2) is 51.2 Å². The molecule has 0 bridgehead atoms. The Balaban J connectivity index is 1.86. The van der Waals surface area contributed by atoms with Crippen molar-refractivity contribution in [1.29, 1.82) is 0 Å². The Morgan fingerprint density at radius 2 is 2.35 bits per heavy atom. The lowest BCUT2D eigenvalue weighted by Gasteiger charge is -2.34. The molecule has 6 heteroatoms. The Morgan fingerprint density at radius 3 is 3.10 bits per heavy atom. The quantitative estimate of drug-likeness (QED) is 0.873. The predicted molar refractivity (Wildman–Crippen MR) is 74.7 cm³/mol. The predicted octanol–water partition coefficient (Wildman–Crippen LogP) is 0.701. The molecule has 1 amide bonds. The highest BCUT2D eigenvalue weighted by Gasteiger charge is 2.24. The minimum Gasteiger partial charge on any atom is -0.333 e. The van der Waals surface area contributed by atoms with E-state index in [-0.39, 0.29) is 11.9 Å². The largest absolute Gasteiger partial charge is 0.333 e. The molecular formula is C14H17N5O. The molecule has 1 saturated heterocycles. The molecule has 0 aromatic carbocycles. The molecule has 0 unspecified atom stereocenters. The van der Waals surface area contributed by atoms with Crippen LogP contribution >= 0.6 is 0 Å². The highest BCUT2D eigenvalue weighted by atomic mass is 16.2. The highest BCUT2D eigenvalue weighted by Crippen LogP contribution is 2.12. The number of nitrogens with one attached hydrogen (secondary N) is 1. The number of nitrogens with zero attached hydrogens (tertiary/aromatic N) is 4. The number of piperazine rings is 1. The molecule has 3 rings (SSSR count). The summed E-state index contributed by atoms with van der Waals surface area (Å²) < 4.78 is 1.65. The van der Waals surface area contributed by atoms with E-state index >= 15 is 0 Å². The molecule has 0 saturated carbocycles. The van der Waals surface area contributed by atoms with Gasteiger partial charge in [0.05, 0.1) is 0 Å². The van der Waals surface area contributed by atoms with Gasteiger partial charge in [-0.1, -0.05) is 0 Å². The Labute approximate surface area is 117 Å². The molecule has 1 N–H and O–H groups in total. The molecule has 1 aliphatic heterocycles. The zero-order valence-corrected chi connectivity index (χ0v) is 11.4. The molecule has 3 heterocycles. The Morgan fingerprint density at radius 1 is 1.45 bits per heavy atom. The maximum Gasteiger partial charge on any atom is 0.254 e. The summed E-state index contributed by atoms with van der Waals surface area (Å²) >= 11 is 0. The van der Waals surface area contributed by atoms with Crippen molar-refractivity contribution in [1.82, 2.24) is 25.0 Å². The van der Waals surface area contributed by atoms with Gasteiger partial charge >= 0.3 is 0 Å². The average molecular weight is 271 g/mol. The summed E-state index contributed by atoms with van der Waals surface area (Å²) in [5.41, 5.74) is 0.652. The molecule has 104 valence electrons.